The molecule has 1 aromatic heterocycles. The Morgan fingerprint density at radius 2 is 1.27 bits per heavy atom. The lowest BCUT2D eigenvalue weighted by Gasteiger charge is -2.50. The summed E-state index contributed by atoms with van der Waals surface area (Å²) in [4.78, 5) is 0. The molecule has 0 atom stereocenters. The molecule has 26 heavy (non-hydrogen) atoms. The number of rotatable bonds is 7. The van der Waals surface area contributed by atoms with Gasteiger partial charge in [0, 0.05) is 6.07 Å². The molecule has 1 aromatic rings. The van der Waals surface area contributed by atoms with Crippen LogP contribution in [0.25, 0.3) is 0 Å². The zero-order chi connectivity index (χ0) is 20.9. The molecule has 0 radical (unpaired) electrons. The van der Waals surface area contributed by atoms with E-state index in [1.165, 1.54) is 6.07 Å². The molecule has 0 saturated heterocycles. The molecule has 0 aliphatic carbocycles. The summed E-state index contributed by atoms with van der Waals surface area (Å²) < 4.78 is 165. The lowest BCUT2D eigenvalue weighted by atomic mass is 10.0. The van der Waals surface area contributed by atoms with Gasteiger partial charge in [0.1, 0.15) is 0 Å². The minimum atomic E-state index is -12.6. The van der Waals surface area contributed by atoms with Crippen LogP contribution in [0.2, 0.25) is 0 Å². The Labute approximate surface area is 136 Å². The van der Waals surface area contributed by atoms with Crippen molar-refractivity contribution in [1.82, 2.24) is 5.10 Å². The molecule has 0 fully saturated rings. The predicted octanol–water partition coefficient (Wildman–Crippen LogP) is 5.56. The summed E-state index contributed by atoms with van der Waals surface area (Å²) in [5.41, 5.74) is 0. The van der Waals surface area contributed by atoms with Crippen molar-refractivity contribution in [3.05, 3.63) is 24.5 Å². The number of aromatic nitrogens is 2. The molecule has 0 aromatic carbocycles. The first-order chi connectivity index (χ1) is 11.1. The Morgan fingerprint density at radius 3 is 1.65 bits per heavy atom. The van der Waals surface area contributed by atoms with Crippen LogP contribution in [0.1, 0.15) is 6.42 Å². The first-order valence-corrected chi connectivity index (χ1v) is 8.07. The number of halogens is 13. The van der Waals surface area contributed by atoms with Gasteiger partial charge in [-0.15, -0.1) is 0 Å². The molecule has 2 nitrogen and oxygen atoms in total. The molecule has 1 rings (SSSR count). The van der Waals surface area contributed by atoms with E-state index in [0.29, 0.717) is 4.68 Å². The van der Waals surface area contributed by atoms with Crippen molar-refractivity contribution < 1.29 is 59.2 Å². The number of hydrogen-bond donors (Lipinski definition) is 0. The van der Waals surface area contributed by atoms with Gasteiger partial charge < -0.3 is 0 Å². The molecule has 0 bridgehead atoms. The van der Waals surface area contributed by atoms with E-state index in [1.54, 1.807) is 0 Å². The van der Waals surface area contributed by atoms with E-state index in [2.05, 4.69) is 5.10 Å². The maximum Gasteiger partial charge on any atom is 0.450 e. The van der Waals surface area contributed by atoms with Crippen LogP contribution < -0.4 is 4.68 Å². The van der Waals surface area contributed by atoms with Gasteiger partial charge >= 0.3 is 33.2 Å². The standard InChI is InChI=1S/C10H8F13N2S/c11-7(12,3-6-25-5-2-1-4-24-25)8(13,14)9(15,16)10(17,18)26(19,20,21,22)23/h1-2,4-5H,3,6H2/q+1. The van der Waals surface area contributed by atoms with E-state index in [9.17, 15) is 54.6 Å². The van der Waals surface area contributed by atoms with E-state index in [-0.39, 0.29) is 0 Å². The molecule has 0 spiro atoms. The highest BCUT2D eigenvalue weighted by atomic mass is 32.5. The van der Waals surface area contributed by atoms with Crippen molar-refractivity contribution in [2.24, 2.45) is 0 Å². The van der Waals surface area contributed by atoms with Gasteiger partial charge in [0.25, 0.3) is 0 Å². The second-order valence-electron chi connectivity index (χ2n) is 5.05. The smallest absolute Gasteiger partial charge is 0.199 e. The molecule has 0 unspecified atom stereocenters. The van der Waals surface area contributed by atoms with Crippen molar-refractivity contribution in [3.63, 3.8) is 0 Å². The predicted molar refractivity (Wildman–Crippen MR) is 62.0 cm³/mol. The third kappa shape index (κ3) is 3.51. The van der Waals surface area contributed by atoms with Crippen molar-refractivity contribution >= 4 is 10.2 Å². The highest BCUT2D eigenvalue weighted by molar-refractivity contribution is 8.46. The molecule has 0 aliphatic heterocycles. The van der Waals surface area contributed by atoms with Crippen molar-refractivity contribution in [2.75, 3.05) is 0 Å². The number of aryl methyl sites for hydroxylation is 1. The molecule has 1 heterocycles. The van der Waals surface area contributed by atoms with E-state index in [1.807, 2.05) is 0 Å². The first-order valence-electron chi connectivity index (χ1n) is 6.12. The monoisotopic (exact) mass is 435 g/mol. The lowest BCUT2D eigenvalue weighted by molar-refractivity contribution is -0.756. The van der Waals surface area contributed by atoms with Crippen molar-refractivity contribution in [2.45, 2.75) is 36.0 Å². The summed E-state index contributed by atoms with van der Waals surface area (Å²) in [5, 5.41) is -5.45. The van der Waals surface area contributed by atoms with Crippen LogP contribution in [-0.2, 0) is 6.54 Å². The van der Waals surface area contributed by atoms with Gasteiger partial charge in [-0.05, 0) is 11.2 Å². The van der Waals surface area contributed by atoms with E-state index in [0.717, 1.165) is 18.5 Å². The van der Waals surface area contributed by atoms with Gasteiger partial charge in [-0.2, -0.15) is 35.1 Å². The van der Waals surface area contributed by atoms with Crippen LogP contribution in [-0.4, -0.2) is 28.1 Å². The zero-order valence-electron chi connectivity index (χ0n) is 11.9. The van der Waals surface area contributed by atoms with Crippen LogP contribution in [0.5, 0.6) is 0 Å². The second-order valence-corrected chi connectivity index (χ2v) is 7.50. The molecule has 154 valence electrons. The normalized spacial score (nSPS) is 17.6. The molecule has 16 heteroatoms. The average Bonchev–Trinajstić information content (AvgIpc) is 2.43. The van der Waals surface area contributed by atoms with Crippen LogP contribution in [0, 0.1) is 0 Å². The Bertz CT molecular complexity index is 655. The fourth-order valence-electron chi connectivity index (χ4n) is 1.56. The Hall–Kier alpha value is -1.48. The van der Waals surface area contributed by atoms with Gasteiger partial charge in [-0.25, -0.2) is 0 Å². The summed E-state index contributed by atoms with van der Waals surface area (Å²) in [7, 11) is -12.6. The third-order valence-electron chi connectivity index (χ3n) is 3.03. The summed E-state index contributed by atoms with van der Waals surface area (Å²) in [6, 6.07) is 2.33. The van der Waals surface area contributed by atoms with Crippen LogP contribution >= 0.6 is 10.2 Å². The van der Waals surface area contributed by atoms with Crippen LogP contribution in [0.15, 0.2) is 24.5 Å². The van der Waals surface area contributed by atoms with E-state index < -0.39 is 46.2 Å². The zero-order valence-corrected chi connectivity index (χ0v) is 12.8. The quantitative estimate of drug-likeness (QED) is 0.405. The SMILES string of the molecule is FC(F)(CC[n+]1ccccn1)C(F)(F)C(F)(F)C(F)(F)S(F)(F)(F)(F)F. The van der Waals surface area contributed by atoms with E-state index in [4.69, 9.17) is 0 Å². The largest absolute Gasteiger partial charge is 0.450 e. The molecule has 0 N–H and O–H groups in total. The lowest BCUT2D eigenvalue weighted by Crippen LogP contribution is -2.65. The molecular weight excluding hydrogens is 427 g/mol. The van der Waals surface area contributed by atoms with Crippen LogP contribution in [0.3, 0.4) is 0 Å². The minimum absolute atomic E-state index is 0.449. The van der Waals surface area contributed by atoms with Gasteiger partial charge in [0.05, 0.1) is 12.6 Å². The summed E-state index contributed by atoms with van der Waals surface area (Å²) in [6.45, 7) is -1.32. The average molecular weight is 435 g/mol. The van der Waals surface area contributed by atoms with Crippen molar-refractivity contribution in [3.8, 4) is 0 Å². The van der Waals surface area contributed by atoms with Gasteiger partial charge in [0.2, 0.25) is 0 Å². The number of nitrogens with zero attached hydrogens (tertiary/aromatic N) is 2. The molecule has 0 saturated carbocycles. The third-order valence-corrected chi connectivity index (χ3v) is 4.25. The summed E-state index contributed by atoms with van der Waals surface area (Å²) in [6.07, 6.45) is -0.615. The Kier molecular flexibility index (Phi) is 4.58. The summed E-state index contributed by atoms with van der Waals surface area (Å²) in [5.74, 6) is -21.8. The van der Waals surface area contributed by atoms with Gasteiger partial charge in [0.15, 0.2) is 12.7 Å². The molecule has 0 amide bonds. The number of hydrogen-bond acceptors (Lipinski definition) is 1. The minimum Gasteiger partial charge on any atom is -0.199 e. The second kappa shape index (κ2) is 5.28. The van der Waals surface area contributed by atoms with E-state index >= 15 is 0 Å². The Balaban J connectivity index is 3.28. The molecule has 0 aliphatic rings. The van der Waals surface area contributed by atoms with Gasteiger partial charge in [-0.3, -0.25) is 0 Å². The van der Waals surface area contributed by atoms with Crippen molar-refractivity contribution in [1.29, 1.82) is 0 Å². The fraction of sp³-hybridized carbons (Fsp3) is 0.600. The summed E-state index contributed by atoms with van der Waals surface area (Å²) >= 11 is 0. The first kappa shape index (κ1) is 22.6. The maximum atomic E-state index is 13.3. The highest BCUT2D eigenvalue weighted by Gasteiger charge is 2.97. The maximum absolute atomic E-state index is 13.3. The topological polar surface area (TPSA) is 16.8 Å². The highest BCUT2D eigenvalue weighted by Crippen LogP contribution is 3.06. The number of alkyl halides is 8. The van der Waals surface area contributed by atoms with Crippen LogP contribution in [0.4, 0.5) is 54.6 Å². The fourth-order valence-corrected chi connectivity index (χ4v) is 2.17. The van der Waals surface area contributed by atoms with Gasteiger partial charge in [-0.1, -0.05) is 24.1 Å². The Morgan fingerprint density at radius 1 is 0.769 bits per heavy atom. The molecular formula is C10H8F13N2S+.